The number of anilines is 2. The van der Waals surface area contributed by atoms with Crippen LogP contribution in [0.15, 0.2) is 42.5 Å². The van der Waals surface area contributed by atoms with Crippen molar-refractivity contribution >= 4 is 46.5 Å². The molecule has 2 rings (SSSR count). The predicted octanol–water partition coefficient (Wildman–Crippen LogP) is 3.83. The lowest BCUT2D eigenvalue weighted by Crippen LogP contribution is -2.22. The quantitative estimate of drug-likeness (QED) is 0.802. The van der Waals surface area contributed by atoms with E-state index in [0.717, 1.165) is 0 Å². The van der Waals surface area contributed by atoms with Gasteiger partial charge in [-0.3, -0.25) is 4.79 Å². The van der Waals surface area contributed by atoms with Crippen molar-refractivity contribution in [2.45, 2.75) is 0 Å². The Kier molecular flexibility index (Phi) is 5.84. The van der Waals surface area contributed by atoms with Crippen LogP contribution in [0.25, 0.3) is 0 Å². The Morgan fingerprint density at radius 2 is 1.74 bits per heavy atom. The van der Waals surface area contributed by atoms with Crippen molar-refractivity contribution in [3.63, 3.8) is 0 Å². The van der Waals surface area contributed by atoms with E-state index in [0.29, 0.717) is 27.0 Å². The molecular weight excluding hydrogens is 339 g/mol. The molecule has 0 aliphatic heterocycles. The molecule has 23 heavy (non-hydrogen) atoms. The summed E-state index contributed by atoms with van der Waals surface area (Å²) in [5.74, 6) is -0.780. The largest absolute Gasteiger partial charge is 0.465 e. The predicted molar refractivity (Wildman–Crippen MR) is 91.4 cm³/mol. The van der Waals surface area contributed by atoms with Crippen LogP contribution in [0.3, 0.4) is 0 Å². The Morgan fingerprint density at radius 3 is 2.39 bits per heavy atom. The summed E-state index contributed by atoms with van der Waals surface area (Å²) in [5, 5.41) is 6.42. The van der Waals surface area contributed by atoms with Gasteiger partial charge in [0.2, 0.25) is 5.91 Å². The van der Waals surface area contributed by atoms with Crippen LogP contribution in [0.4, 0.5) is 11.4 Å². The zero-order valence-corrected chi connectivity index (χ0v) is 13.7. The zero-order chi connectivity index (χ0) is 16.8. The molecule has 0 bridgehead atoms. The number of ether oxygens (including phenoxy) is 1. The summed E-state index contributed by atoms with van der Waals surface area (Å²) in [6.45, 7) is -0.0296. The van der Waals surface area contributed by atoms with E-state index in [-0.39, 0.29) is 12.5 Å². The van der Waals surface area contributed by atoms with Gasteiger partial charge in [-0.05, 0) is 30.3 Å². The maximum Gasteiger partial charge on any atom is 0.339 e. The number of carbonyl (C=O) groups is 2. The van der Waals surface area contributed by atoms with Gasteiger partial charge in [-0.2, -0.15) is 0 Å². The second-order valence-corrected chi connectivity index (χ2v) is 5.47. The number of amides is 1. The number of benzene rings is 2. The summed E-state index contributed by atoms with van der Waals surface area (Å²) in [6, 6.07) is 11.5. The Hall–Kier alpha value is -2.24. The van der Waals surface area contributed by atoms with Gasteiger partial charge in [0.05, 0.1) is 19.2 Å². The third-order valence-electron chi connectivity index (χ3n) is 2.92. The van der Waals surface area contributed by atoms with Gasteiger partial charge in [0.15, 0.2) is 0 Å². The molecule has 120 valence electrons. The van der Waals surface area contributed by atoms with Crippen LogP contribution in [0.1, 0.15) is 10.4 Å². The highest BCUT2D eigenvalue weighted by molar-refractivity contribution is 6.35. The minimum atomic E-state index is -0.477. The number of hydrogen-bond acceptors (Lipinski definition) is 4. The summed E-state index contributed by atoms with van der Waals surface area (Å²) >= 11 is 11.8. The number of halogens is 2. The van der Waals surface area contributed by atoms with Gasteiger partial charge < -0.3 is 15.4 Å². The van der Waals surface area contributed by atoms with E-state index in [9.17, 15) is 9.59 Å². The van der Waals surface area contributed by atoms with Gasteiger partial charge in [-0.15, -0.1) is 0 Å². The van der Waals surface area contributed by atoms with Crippen molar-refractivity contribution in [3.8, 4) is 0 Å². The summed E-state index contributed by atoms with van der Waals surface area (Å²) < 4.78 is 4.70. The zero-order valence-electron chi connectivity index (χ0n) is 12.2. The van der Waals surface area contributed by atoms with Crippen molar-refractivity contribution in [1.29, 1.82) is 0 Å². The highest BCUT2D eigenvalue weighted by atomic mass is 35.5. The highest BCUT2D eigenvalue weighted by Gasteiger charge is 2.12. The molecule has 0 unspecified atom stereocenters. The van der Waals surface area contributed by atoms with Gasteiger partial charge in [0, 0.05) is 21.4 Å². The van der Waals surface area contributed by atoms with Gasteiger partial charge in [-0.1, -0.05) is 35.3 Å². The third kappa shape index (κ3) is 4.87. The second kappa shape index (κ2) is 7.85. The molecule has 2 N–H and O–H groups in total. The minimum absolute atomic E-state index is 0.0296. The number of nitrogens with one attached hydrogen (secondary N) is 2. The van der Waals surface area contributed by atoms with E-state index >= 15 is 0 Å². The monoisotopic (exact) mass is 352 g/mol. The molecule has 2 aromatic rings. The molecule has 0 aromatic heterocycles. The normalized spacial score (nSPS) is 10.0. The topological polar surface area (TPSA) is 67.4 Å². The Bertz CT molecular complexity index is 715. The van der Waals surface area contributed by atoms with Crippen molar-refractivity contribution in [1.82, 2.24) is 0 Å². The first-order chi connectivity index (χ1) is 11.0. The maximum absolute atomic E-state index is 12.0. The molecule has 0 aliphatic rings. The second-order valence-electron chi connectivity index (χ2n) is 4.60. The molecule has 0 fully saturated rings. The van der Waals surface area contributed by atoms with Crippen LogP contribution < -0.4 is 10.6 Å². The minimum Gasteiger partial charge on any atom is -0.465 e. The smallest absolute Gasteiger partial charge is 0.339 e. The molecule has 0 saturated heterocycles. The van der Waals surface area contributed by atoms with Crippen LogP contribution in [-0.4, -0.2) is 25.5 Å². The molecular formula is C16H14Cl2N2O3. The molecule has 1 amide bonds. The summed E-state index contributed by atoms with van der Waals surface area (Å²) in [5.41, 5.74) is 1.36. The SMILES string of the molecule is COC(=O)c1ccccc1NCC(=O)Nc1cc(Cl)cc(Cl)c1. The van der Waals surface area contributed by atoms with E-state index in [2.05, 4.69) is 10.6 Å². The molecule has 0 spiro atoms. The fourth-order valence-corrected chi connectivity index (χ4v) is 2.46. The first-order valence-electron chi connectivity index (χ1n) is 6.67. The van der Waals surface area contributed by atoms with Crippen molar-refractivity contribution in [3.05, 3.63) is 58.1 Å². The Labute approximate surface area is 143 Å². The van der Waals surface area contributed by atoms with Gasteiger partial charge in [0.1, 0.15) is 0 Å². The maximum atomic E-state index is 12.0. The van der Waals surface area contributed by atoms with Crippen LogP contribution in [0.2, 0.25) is 10.0 Å². The van der Waals surface area contributed by atoms with Gasteiger partial charge >= 0.3 is 5.97 Å². The molecule has 0 radical (unpaired) electrons. The standard InChI is InChI=1S/C16H14Cl2N2O3/c1-23-16(22)13-4-2-3-5-14(13)19-9-15(21)20-12-7-10(17)6-11(18)8-12/h2-8,19H,9H2,1H3,(H,20,21). The first-order valence-corrected chi connectivity index (χ1v) is 7.42. The lowest BCUT2D eigenvalue weighted by Gasteiger charge is -2.11. The van der Waals surface area contributed by atoms with E-state index in [4.69, 9.17) is 27.9 Å². The van der Waals surface area contributed by atoms with Crippen LogP contribution >= 0.6 is 23.2 Å². The molecule has 0 aliphatic carbocycles. The molecule has 5 nitrogen and oxygen atoms in total. The third-order valence-corrected chi connectivity index (χ3v) is 3.35. The van der Waals surface area contributed by atoms with Crippen LogP contribution in [-0.2, 0) is 9.53 Å². The van der Waals surface area contributed by atoms with Crippen LogP contribution in [0.5, 0.6) is 0 Å². The number of para-hydroxylation sites is 1. The average molecular weight is 353 g/mol. The number of rotatable bonds is 5. The van der Waals surface area contributed by atoms with Crippen LogP contribution in [0, 0.1) is 0 Å². The summed E-state index contributed by atoms with van der Waals surface area (Å²) in [7, 11) is 1.30. The Balaban J connectivity index is 2.01. The number of hydrogen-bond donors (Lipinski definition) is 2. The molecule has 0 atom stereocenters. The fourth-order valence-electron chi connectivity index (χ4n) is 1.93. The average Bonchev–Trinajstić information content (AvgIpc) is 2.51. The van der Waals surface area contributed by atoms with Crippen molar-refractivity contribution in [2.75, 3.05) is 24.3 Å². The summed E-state index contributed by atoms with van der Waals surface area (Å²) in [4.78, 5) is 23.6. The molecule has 0 heterocycles. The van der Waals surface area contributed by atoms with Crippen molar-refractivity contribution < 1.29 is 14.3 Å². The lowest BCUT2D eigenvalue weighted by molar-refractivity contribution is -0.114. The molecule has 2 aromatic carbocycles. The van der Waals surface area contributed by atoms with Crippen molar-refractivity contribution in [2.24, 2.45) is 0 Å². The van der Waals surface area contributed by atoms with Gasteiger partial charge in [-0.25, -0.2) is 4.79 Å². The fraction of sp³-hybridized carbons (Fsp3) is 0.125. The van der Waals surface area contributed by atoms with Gasteiger partial charge in [0.25, 0.3) is 0 Å². The number of methoxy groups -OCH3 is 1. The van der Waals surface area contributed by atoms with E-state index in [1.807, 2.05) is 0 Å². The van der Waals surface area contributed by atoms with E-state index < -0.39 is 5.97 Å². The molecule has 7 heteroatoms. The van der Waals surface area contributed by atoms with E-state index in [1.165, 1.54) is 7.11 Å². The number of esters is 1. The highest BCUT2D eigenvalue weighted by Crippen LogP contribution is 2.22. The van der Waals surface area contributed by atoms with E-state index in [1.54, 1.807) is 42.5 Å². The first kappa shape index (κ1) is 17.1. The lowest BCUT2D eigenvalue weighted by atomic mass is 10.2. The molecule has 0 saturated carbocycles. The Morgan fingerprint density at radius 1 is 1.09 bits per heavy atom. The number of carbonyl (C=O) groups excluding carboxylic acids is 2. The summed E-state index contributed by atoms with van der Waals surface area (Å²) in [6.07, 6.45) is 0.